The molecular weight excluding hydrogens is 393 g/mol. The van der Waals surface area contributed by atoms with Crippen molar-refractivity contribution in [3.05, 3.63) is 59.8 Å². The lowest BCUT2D eigenvalue weighted by Crippen LogP contribution is -2.50. The molecule has 2 aromatic rings. The third-order valence-electron chi connectivity index (χ3n) is 5.25. The average molecular weight is 420 g/mol. The molecule has 0 bridgehead atoms. The van der Waals surface area contributed by atoms with E-state index >= 15 is 0 Å². The topological polar surface area (TPSA) is 48.5 Å². The number of carbonyl (C=O) groups excluding carboxylic acids is 1. The standard InChI is InChI=1S/C22H27F3N4O/c1-17(7-8-18-5-3-2-4-6-18)27-21(30)16-28-11-13-29(14-12-28)20-10-9-19(15-26-20)22(23,24)25/h2-6,9-10,15,17H,7-8,11-14,16H2,1H3,(H,27,30)/t17-/m1/s1. The Kier molecular flexibility index (Phi) is 7.31. The molecule has 1 aromatic carbocycles. The summed E-state index contributed by atoms with van der Waals surface area (Å²) in [6, 6.07) is 12.7. The number of carbonyl (C=O) groups is 1. The van der Waals surface area contributed by atoms with E-state index < -0.39 is 11.7 Å². The second-order valence-corrected chi connectivity index (χ2v) is 7.66. The summed E-state index contributed by atoms with van der Waals surface area (Å²) in [4.78, 5) is 20.3. The van der Waals surface area contributed by atoms with Gasteiger partial charge >= 0.3 is 6.18 Å². The van der Waals surface area contributed by atoms with Crippen LogP contribution in [0.4, 0.5) is 19.0 Å². The predicted molar refractivity (Wildman–Crippen MR) is 110 cm³/mol. The summed E-state index contributed by atoms with van der Waals surface area (Å²) in [5, 5.41) is 3.05. The number of hydrogen-bond acceptors (Lipinski definition) is 4. The van der Waals surface area contributed by atoms with E-state index in [1.807, 2.05) is 30.0 Å². The van der Waals surface area contributed by atoms with Gasteiger partial charge < -0.3 is 10.2 Å². The lowest BCUT2D eigenvalue weighted by atomic mass is 10.1. The predicted octanol–water partition coefficient (Wildman–Crippen LogP) is 3.36. The molecule has 0 saturated carbocycles. The molecule has 1 aliphatic rings. The van der Waals surface area contributed by atoms with E-state index in [1.165, 1.54) is 11.6 Å². The number of nitrogens with zero attached hydrogens (tertiary/aromatic N) is 3. The molecule has 0 radical (unpaired) electrons. The maximum atomic E-state index is 12.7. The number of piperazine rings is 1. The van der Waals surface area contributed by atoms with E-state index in [1.54, 1.807) is 0 Å². The number of anilines is 1. The van der Waals surface area contributed by atoms with Crippen molar-refractivity contribution < 1.29 is 18.0 Å². The zero-order valence-electron chi connectivity index (χ0n) is 17.0. The van der Waals surface area contributed by atoms with Crippen LogP contribution in [-0.2, 0) is 17.4 Å². The lowest BCUT2D eigenvalue weighted by Gasteiger charge is -2.35. The number of pyridine rings is 1. The van der Waals surface area contributed by atoms with Gasteiger partial charge in [0.25, 0.3) is 0 Å². The Morgan fingerprint density at radius 1 is 1.10 bits per heavy atom. The number of benzene rings is 1. The van der Waals surface area contributed by atoms with Crippen molar-refractivity contribution in [2.45, 2.75) is 32.0 Å². The van der Waals surface area contributed by atoms with E-state index in [9.17, 15) is 18.0 Å². The Morgan fingerprint density at radius 3 is 2.40 bits per heavy atom. The van der Waals surface area contributed by atoms with Crippen LogP contribution in [-0.4, -0.2) is 54.6 Å². The number of amides is 1. The van der Waals surface area contributed by atoms with Crippen molar-refractivity contribution in [2.24, 2.45) is 0 Å². The van der Waals surface area contributed by atoms with Crippen LogP contribution in [0.25, 0.3) is 0 Å². The Bertz CT molecular complexity index is 803. The third kappa shape index (κ3) is 6.45. The zero-order valence-corrected chi connectivity index (χ0v) is 17.0. The van der Waals surface area contributed by atoms with Gasteiger partial charge in [-0.3, -0.25) is 9.69 Å². The minimum atomic E-state index is -4.38. The van der Waals surface area contributed by atoms with E-state index in [4.69, 9.17) is 0 Å². The molecule has 5 nitrogen and oxygen atoms in total. The van der Waals surface area contributed by atoms with Crippen LogP contribution in [0.1, 0.15) is 24.5 Å². The number of aryl methyl sites for hydroxylation is 1. The van der Waals surface area contributed by atoms with Gasteiger partial charge in [-0.1, -0.05) is 30.3 Å². The maximum absolute atomic E-state index is 12.7. The summed E-state index contributed by atoms with van der Waals surface area (Å²) >= 11 is 0. The number of nitrogens with one attached hydrogen (secondary N) is 1. The molecule has 1 aliphatic heterocycles. The molecule has 0 spiro atoms. The summed E-state index contributed by atoms with van der Waals surface area (Å²) in [6.07, 6.45) is -1.72. The van der Waals surface area contributed by atoms with Gasteiger partial charge in [0.2, 0.25) is 5.91 Å². The zero-order chi connectivity index (χ0) is 21.6. The number of alkyl halides is 3. The first kappa shape index (κ1) is 22.1. The first-order valence-electron chi connectivity index (χ1n) is 10.1. The molecule has 162 valence electrons. The van der Waals surface area contributed by atoms with Crippen molar-refractivity contribution in [1.82, 2.24) is 15.2 Å². The van der Waals surface area contributed by atoms with Crippen LogP contribution < -0.4 is 10.2 Å². The summed E-state index contributed by atoms with van der Waals surface area (Å²) in [7, 11) is 0. The van der Waals surface area contributed by atoms with Crippen molar-refractivity contribution in [2.75, 3.05) is 37.6 Å². The molecule has 1 amide bonds. The smallest absolute Gasteiger partial charge is 0.354 e. The molecule has 1 aromatic heterocycles. The Hall–Kier alpha value is -2.61. The van der Waals surface area contributed by atoms with E-state index in [0.717, 1.165) is 25.1 Å². The fourth-order valence-electron chi connectivity index (χ4n) is 3.50. The normalized spacial score (nSPS) is 16.3. The van der Waals surface area contributed by atoms with Crippen LogP contribution >= 0.6 is 0 Å². The second kappa shape index (κ2) is 9.93. The van der Waals surface area contributed by atoms with Gasteiger partial charge in [-0.25, -0.2) is 4.98 Å². The van der Waals surface area contributed by atoms with E-state index in [0.29, 0.717) is 38.5 Å². The maximum Gasteiger partial charge on any atom is 0.417 e. The quantitative estimate of drug-likeness (QED) is 0.746. The van der Waals surface area contributed by atoms with Gasteiger partial charge in [0.05, 0.1) is 12.1 Å². The number of halogens is 3. The van der Waals surface area contributed by atoms with Crippen molar-refractivity contribution in [1.29, 1.82) is 0 Å². The highest BCUT2D eigenvalue weighted by Crippen LogP contribution is 2.29. The fraction of sp³-hybridized carbons (Fsp3) is 0.455. The van der Waals surface area contributed by atoms with E-state index in [2.05, 4.69) is 27.3 Å². The first-order chi connectivity index (χ1) is 14.3. The molecule has 1 N–H and O–H groups in total. The molecular formula is C22H27F3N4O. The second-order valence-electron chi connectivity index (χ2n) is 7.66. The first-order valence-corrected chi connectivity index (χ1v) is 10.1. The fourth-order valence-corrected chi connectivity index (χ4v) is 3.50. The van der Waals surface area contributed by atoms with Crippen molar-refractivity contribution in [3.8, 4) is 0 Å². The van der Waals surface area contributed by atoms with Gasteiger partial charge in [-0.15, -0.1) is 0 Å². The number of aromatic nitrogens is 1. The van der Waals surface area contributed by atoms with Crippen molar-refractivity contribution in [3.63, 3.8) is 0 Å². The van der Waals surface area contributed by atoms with Crippen LogP contribution in [0, 0.1) is 0 Å². The summed E-state index contributed by atoms with van der Waals surface area (Å²) in [5.74, 6) is 0.526. The minimum absolute atomic E-state index is 0.00309. The molecule has 3 rings (SSSR count). The molecule has 2 heterocycles. The van der Waals surface area contributed by atoms with Gasteiger partial charge in [0.15, 0.2) is 0 Å². The van der Waals surface area contributed by atoms with Gasteiger partial charge in [-0.05, 0) is 37.5 Å². The Labute approximate surface area is 174 Å². The van der Waals surface area contributed by atoms with Gasteiger partial charge in [0.1, 0.15) is 5.82 Å². The highest BCUT2D eigenvalue weighted by molar-refractivity contribution is 5.78. The molecule has 0 aliphatic carbocycles. The third-order valence-corrected chi connectivity index (χ3v) is 5.25. The molecule has 1 fully saturated rings. The molecule has 30 heavy (non-hydrogen) atoms. The van der Waals surface area contributed by atoms with Gasteiger partial charge in [-0.2, -0.15) is 13.2 Å². The van der Waals surface area contributed by atoms with Crippen LogP contribution in [0.3, 0.4) is 0 Å². The average Bonchev–Trinajstić information content (AvgIpc) is 2.73. The largest absolute Gasteiger partial charge is 0.417 e. The SMILES string of the molecule is C[C@H](CCc1ccccc1)NC(=O)CN1CCN(c2ccc(C(F)(F)F)cn2)CC1. The van der Waals surface area contributed by atoms with Gasteiger partial charge in [0, 0.05) is 38.4 Å². The molecule has 1 saturated heterocycles. The highest BCUT2D eigenvalue weighted by Gasteiger charge is 2.31. The summed E-state index contributed by atoms with van der Waals surface area (Å²) in [6.45, 7) is 4.90. The number of hydrogen-bond donors (Lipinski definition) is 1. The number of rotatable bonds is 7. The van der Waals surface area contributed by atoms with Crippen LogP contribution in [0.15, 0.2) is 48.7 Å². The molecule has 1 atom stereocenters. The van der Waals surface area contributed by atoms with E-state index in [-0.39, 0.29) is 11.9 Å². The van der Waals surface area contributed by atoms with Crippen LogP contribution in [0.5, 0.6) is 0 Å². The minimum Gasteiger partial charge on any atom is -0.354 e. The Morgan fingerprint density at radius 2 is 1.80 bits per heavy atom. The van der Waals surface area contributed by atoms with Crippen molar-refractivity contribution >= 4 is 11.7 Å². The monoisotopic (exact) mass is 420 g/mol. The lowest BCUT2D eigenvalue weighted by molar-refractivity contribution is -0.137. The summed E-state index contributed by atoms with van der Waals surface area (Å²) < 4.78 is 38.0. The highest BCUT2D eigenvalue weighted by atomic mass is 19.4. The Balaban J connectivity index is 1.39. The summed E-state index contributed by atoms with van der Waals surface area (Å²) in [5.41, 5.74) is 0.509. The van der Waals surface area contributed by atoms with Crippen LogP contribution in [0.2, 0.25) is 0 Å². The molecule has 0 unspecified atom stereocenters. The molecule has 8 heteroatoms.